The average molecular weight is 219 g/mol. The summed E-state index contributed by atoms with van der Waals surface area (Å²) in [5, 5.41) is 9.15. The van der Waals surface area contributed by atoms with Crippen LogP contribution in [0.15, 0.2) is 30.3 Å². The Bertz CT molecular complexity index is 363. The van der Waals surface area contributed by atoms with Crippen LogP contribution in [-0.4, -0.2) is 36.1 Å². The molecular weight excluding hydrogens is 202 g/mol. The van der Waals surface area contributed by atoms with E-state index in [0.717, 1.165) is 13.0 Å². The number of hydrogen-bond acceptors (Lipinski definition) is 2. The highest BCUT2D eigenvalue weighted by Gasteiger charge is 2.35. The molecule has 2 rings (SSSR count). The lowest BCUT2D eigenvalue weighted by atomic mass is 9.90. The predicted octanol–water partition coefficient (Wildman–Crippen LogP) is 1.49. The molecule has 0 aromatic heterocycles. The molecule has 1 aromatic rings. The number of carboxylic acid groups (broad SMARTS) is 1. The number of nitrogens with zero attached hydrogens (tertiary/aromatic N) is 1. The summed E-state index contributed by atoms with van der Waals surface area (Å²) in [7, 11) is 1.99. The number of benzene rings is 1. The Hall–Kier alpha value is -1.35. The van der Waals surface area contributed by atoms with E-state index in [2.05, 4.69) is 17.0 Å². The van der Waals surface area contributed by atoms with Crippen LogP contribution in [0.2, 0.25) is 0 Å². The zero-order valence-electron chi connectivity index (χ0n) is 9.47. The molecule has 0 bridgehead atoms. The molecule has 1 heterocycles. The number of carboxylic acids is 1. The number of carbonyl (C=O) groups is 1. The smallest absolute Gasteiger partial charge is 0.308 e. The van der Waals surface area contributed by atoms with Crippen molar-refractivity contribution in [1.82, 2.24) is 4.90 Å². The maximum Gasteiger partial charge on any atom is 0.308 e. The number of aliphatic carboxylic acids is 1. The zero-order chi connectivity index (χ0) is 11.5. The molecule has 16 heavy (non-hydrogen) atoms. The first-order chi connectivity index (χ1) is 7.66. The predicted molar refractivity (Wildman–Crippen MR) is 62.3 cm³/mol. The summed E-state index contributed by atoms with van der Waals surface area (Å²) >= 11 is 0. The van der Waals surface area contributed by atoms with Crippen molar-refractivity contribution in [1.29, 1.82) is 0 Å². The maximum absolute atomic E-state index is 11.1. The Kier molecular flexibility index (Phi) is 3.25. The van der Waals surface area contributed by atoms with Crippen molar-refractivity contribution < 1.29 is 9.90 Å². The minimum Gasteiger partial charge on any atom is -0.481 e. The summed E-state index contributed by atoms with van der Waals surface area (Å²) in [6.07, 6.45) is 0.863. The van der Waals surface area contributed by atoms with Crippen molar-refractivity contribution in [2.45, 2.75) is 6.42 Å². The molecule has 3 heteroatoms. The van der Waals surface area contributed by atoms with Gasteiger partial charge in [-0.05, 0) is 24.9 Å². The van der Waals surface area contributed by atoms with Crippen LogP contribution in [0.25, 0.3) is 0 Å². The lowest BCUT2D eigenvalue weighted by molar-refractivity contribution is -0.142. The molecule has 0 amide bonds. The minimum atomic E-state index is -0.662. The SMILES string of the molecule is CN1CC(Cc2ccccc2)C(C(=O)O)C1. The van der Waals surface area contributed by atoms with Crippen LogP contribution in [0, 0.1) is 11.8 Å². The molecule has 2 atom stereocenters. The van der Waals surface area contributed by atoms with E-state index in [-0.39, 0.29) is 11.8 Å². The molecule has 0 aliphatic carbocycles. The molecule has 86 valence electrons. The number of likely N-dealkylation sites (tertiary alicyclic amines) is 1. The van der Waals surface area contributed by atoms with E-state index in [1.165, 1.54) is 5.56 Å². The Morgan fingerprint density at radius 3 is 2.69 bits per heavy atom. The second-order valence-corrected chi connectivity index (χ2v) is 4.62. The normalized spacial score (nSPS) is 25.8. The summed E-state index contributed by atoms with van der Waals surface area (Å²) in [6.45, 7) is 1.55. The van der Waals surface area contributed by atoms with Crippen molar-refractivity contribution in [2.24, 2.45) is 11.8 Å². The largest absolute Gasteiger partial charge is 0.481 e. The van der Waals surface area contributed by atoms with E-state index in [4.69, 9.17) is 5.11 Å². The van der Waals surface area contributed by atoms with E-state index < -0.39 is 5.97 Å². The van der Waals surface area contributed by atoms with Gasteiger partial charge in [0.05, 0.1) is 5.92 Å². The second kappa shape index (κ2) is 4.66. The quantitative estimate of drug-likeness (QED) is 0.837. The fourth-order valence-corrected chi connectivity index (χ4v) is 2.49. The Morgan fingerprint density at radius 2 is 2.06 bits per heavy atom. The Labute approximate surface area is 95.7 Å². The fraction of sp³-hybridized carbons (Fsp3) is 0.462. The van der Waals surface area contributed by atoms with E-state index in [0.29, 0.717) is 6.54 Å². The monoisotopic (exact) mass is 219 g/mol. The van der Waals surface area contributed by atoms with E-state index >= 15 is 0 Å². The average Bonchev–Trinajstić information content (AvgIpc) is 2.61. The highest BCUT2D eigenvalue weighted by molar-refractivity contribution is 5.71. The lowest BCUT2D eigenvalue weighted by Gasteiger charge is -2.14. The molecule has 0 saturated carbocycles. The summed E-state index contributed by atoms with van der Waals surface area (Å²) in [6, 6.07) is 10.1. The number of hydrogen-bond donors (Lipinski definition) is 1. The molecule has 3 nitrogen and oxygen atoms in total. The van der Waals surface area contributed by atoms with Crippen molar-refractivity contribution in [3.63, 3.8) is 0 Å². The van der Waals surface area contributed by atoms with E-state index in [9.17, 15) is 4.79 Å². The minimum absolute atomic E-state index is 0.217. The standard InChI is InChI=1S/C13H17NO2/c1-14-8-11(12(9-14)13(15)16)7-10-5-3-2-4-6-10/h2-6,11-12H,7-9H2,1H3,(H,15,16). The summed E-state index contributed by atoms with van der Waals surface area (Å²) < 4.78 is 0. The van der Waals surface area contributed by atoms with Gasteiger partial charge in [0.2, 0.25) is 0 Å². The summed E-state index contributed by atoms with van der Waals surface area (Å²) in [5.41, 5.74) is 1.23. The van der Waals surface area contributed by atoms with Crippen LogP contribution in [-0.2, 0) is 11.2 Å². The third-order valence-electron chi connectivity index (χ3n) is 3.28. The van der Waals surface area contributed by atoms with E-state index in [1.54, 1.807) is 0 Å². The van der Waals surface area contributed by atoms with Gasteiger partial charge in [0, 0.05) is 13.1 Å². The van der Waals surface area contributed by atoms with Crippen LogP contribution in [0.4, 0.5) is 0 Å². The Morgan fingerprint density at radius 1 is 1.38 bits per heavy atom. The summed E-state index contributed by atoms with van der Waals surface area (Å²) in [5.74, 6) is -0.639. The van der Waals surface area contributed by atoms with Crippen LogP contribution in [0.5, 0.6) is 0 Å². The third kappa shape index (κ3) is 2.42. The maximum atomic E-state index is 11.1. The lowest BCUT2D eigenvalue weighted by Crippen LogP contribution is -2.23. The van der Waals surface area contributed by atoms with Gasteiger partial charge in [-0.2, -0.15) is 0 Å². The first-order valence-corrected chi connectivity index (χ1v) is 5.62. The van der Waals surface area contributed by atoms with Crippen molar-refractivity contribution in [3.05, 3.63) is 35.9 Å². The van der Waals surface area contributed by atoms with Gasteiger partial charge in [-0.15, -0.1) is 0 Å². The van der Waals surface area contributed by atoms with Gasteiger partial charge in [-0.1, -0.05) is 30.3 Å². The molecule has 1 saturated heterocycles. The van der Waals surface area contributed by atoms with Gasteiger partial charge in [-0.25, -0.2) is 0 Å². The van der Waals surface area contributed by atoms with Gasteiger partial charge >= 0.3 is 5.97 Å². The third-order valence-corrected chi connectivity index (χ3v) is 3.28. The molecule has 0 radical (unpaired) electrons. The van der Waals surface area contributed by atoms with E-state index in [1.807, 2.05) is 25.2 Å². The molecular formula is C13H17NO2. The molecule has 1 aliphatic heterocycles. The van der Waals surface area contributed by atoms with Gasteiger partial charge in [0.1, 0.15) is 0 Å². The molecule has 1 aliphatic rings. The topological polar surface area (TPSA) is 40.5 Å². The fourth-order valence-electron chi connectivity index (χ4n) is 2.49. The molecule has 1 fully saturated rings. The molecule has 2 unspecified atom stereocenters. The number of rotatable bonds is 3. The van der Waals surface area contributed by atoms with Crippen molar-refractivity contribution in [3.8, 4) is 0 Å². The van der Waals surface area contributed by atoms with Crippen molar-refractivity contribution >= 4 is 5.97 Å². The van der Waals surface area contributed by atoms with Gasteiger partial charge in [0.15, 0.2) is 0 Å². The highest BCUT2D eigenvalue weighted by Crippen LogP contribution is 2.25. The summed E-state index contributed by atoms with van der Waals surface area (Å²) in [4.78, 5) is 13.2. The van der Waals surface area contributed by atoms with Gasteiger partial charge < -0.3 is 10.0 Å². The molecule has 1 N–H and O–H groups in total. The van der Waals surface area contributed by atoms with Crippen molar-refractivity contribution in [2.75, 3.05) is 20.1 Å². The molecule has 1 aromatic carbocycles. The van der Waals surface area contributed by atoms with Crippen LogP contribution in [0.3, 0.4) is 0 Å². The van der Waals surface area contributed by atoms with Gasteiger partial charge in [0.25, 0.3) is 0 Å². The van der Waals surface area contributed by atoms with Crippen LogP contribution >= 0.6 is 0 Å². The first kappa shape index (κ1) is 11.1. The first-order valence-electron chi connectivity index (χ1n) is 5.62. The van der Waals surface area contributed by atoms with Crippen LogP contribution in [0.1, 0.15) is 5.56 Å². The molecule has 0 spiro atoms. The zero-order valence-corrected chi connectivity index (χ0v) is 9.47. The van der Waals surface area contributed by atoms with Crippen LogP contribution < -0.4 is 0 Å². The highest BCUT2D eigenvalue weighted by atomic mass is 16.4. The second-order valence-electron chi connectivity index (χ2n) is 4.62. The Balaban J connectivity index is 2.06. The van der Waals surface area contributed by atoms with Gasteiger partial charge in [-0.3, -0.25) is 4.79 Å².